The van der Waals surface area contributed by atoms with Crippen molar-refractivity contribution in [2.45, 2.75) is 111 Å². The Morgan fingerprint density at radius 3 is 1.30 bits per heavy atom. The van der Waals surface area contributed by atoms with E-state index in [9.17, 15) is 9.59 Å². The van der Waals surface area contributed by atoms with Crippen molar-refractivity contribution in [1.82, 2.24) is 0 Å². The van der Waals surface area contributed by atoms with Crippen LogP contribution in [0.4, 0.5) is 0 Å². The minimum Gasteiger partial charge on any atom is -0.461 e. The Hall–Kier alpha value is -0.706. The number of ether oxygens (including phenoxy) is 2. The second kappa shape index (κ2) is 11.3. The number of carbonyl (C=O) groups excluding carboxylic acids is 2. The number of hydrogen-bond acceptors (Lipinski definition) is 6. The smallest absolute Gasteiger partial charge is 0.337 e. The summed E-state index contributed by atoms with van der Waals surface area (Å²) < 4.78 is 23.3. The molecule has 0 N–H and O–H groups in total. The predicted molar refractivity (Wildman–Crippen MR) is 113 cm³/mol. The first-order valence-electron chi connectivity index (χ1n) is 10.1. The molecule has 2 unspecified atom stereocenters. The predicted octanol–water partition coefficient (Wildman–Crippen LogP) is 4.50. The summed E-state index contributed by atoms with van der Waals surface area (Å²) in [6, 6.07) is 2.55. The first kappa shape index (κ1) is 26.3. The lowest BCUT2D eigenvalue weighted by Gasteiger charge is -2.37. The van der Waals surface area contributed by atoms with Gasteiger partial charge >= 0.3 is 11.9 Å². The number of hydrogen-bond donors (Lipinski definition) is 0. The van der Waals surface area contributed by atoms with Gasteiger partial charge in [0, 0.05) is 0 Å². The van der Waals surface area contributed by atoms with E-state index in [1.54, 1.807) is 27.7 Å². The lowest BCUT2D eigenvalue weighted by atomic mass is 10.2. The molecule has 160 valence electrons. The maximum atomic E-state index is 12.9. The minimum absolute atomic E-state index is 0.307. The molecule has 0 amide bonds. The van der Waals surface area contributed by atoms with Crippen molar-refractivity contribution in [3.63, 3.8) is 0 Å². The molecule has 6 nitrogen and oxygen atoms in total. The Morgan fingerprint density at radius 1 is 0.704 bits per heavy atom. The van der Waals surface area contributed by atoms with E-state index in [2.05, 4.69) is 20.8 Å². The molecule has 0 bridgehead atoms. The molecule has 0 saturated carbocycles. The first-order chi connectivity index (χ1) is 12.3. The number of esters is 2. The van der Waals surface area contributed by atoms with Gasteiger partial charge in [-0.05, 0) is 65.5 Å². The van der Waals surface area contributed by atoms with Crippen LogP contribution in [-0.2, 0) is 27.9 Å². The van der Waals surface area contributed by atoms with Crippen LogP contribution in [0.5, 0.6) is 0 Å². The van der Waals surface area contributed by atoms with Crippen LogP contribution in [0.2, 0.25) is 37.8 Å². The van der Waals surface area contributed by atoms with Crippen LogP contribution in [0.3, 0.4) is 0 Å². The third kappa shape index (κ3) is 9.36. The van der Waals surface area contributed by atoms with E-state index in [-0.39, 0.29) is 12.2 Å². The lowest BCUT2D eigenvalue weighted by molar-refractivity contribution is -0.174. The van der Waals surface area contributed by atoms with E-state index in [0.29, 0.717) is 0 Å². The van der Waals surface area contributed by atoms with E-state index in [1.807, 2.05) is 19.6 Å². The maximum absolute atomic E-state index is 12.9. The molecule has 0 spiro atoms. The van der Waals surface area contributed by atoms with Crippen LogP contribution in [0.25, 0.3) is 0 Å². The maximum Gasteiger partial charge on any atom is 0.337 e. The van der Waals surface area contributed by atoms with Crippen LogP contribution in [0.15, 0.2) is 0 Å². The average molecular weight is 421 g/mol. The fourth-order valence-electron chi connectivity index (χ4n) is 2.72. The fourth-order valence-corrected chi connectivity index (χ4v) is 6.46. The minimum atomic E-state index is -2.19. The van der Waals surface area contributed by atoms with Gasteiger partial charge < -0.3 is 18.3 Å². The fraction of sp³-hybridized carbons (Fsp3) is 0.895. The van der Waals surface area contributed by atoms with E-state index < -0.39 is 40.8 Å². The topological polar surface area (TPSA) is 71.1 Å². The van der Waals surface area contributed by atoms with Gasteiger partial charge in [-0.15, -0.1) is 0 Å². The summed E-state index contributed by atoms with van der Waals surface area (Å²) in [6.07, 6.45) is -2.82. The van der Waals surface area contributed by atoms with Gasteiger partial charge in [-0.2, -0.15) is 0 Å². The van der Waals surface area contributed by atoms with Crippen LogP contribution in [0.1, 0.15) is 48.5 Å². The second-order valence-electron chi connectivity index (χ2n) is 8.40. The van der Waals surface area contributed by atoms with Crippen molar-refractivity contribution >= 4 is 28.6 Å². The molecule has 8 heteroatoms. The molecular formula is C19H40O6Si2. The highest BCUT2D eigenvalue weighted by Gasteiger charge is 2.45. The quantitative estimate of drug-likeness (QED) is 0.342. The molecule has 0 aliphatic carbocycles. The second-order valence-corrected chi connectivity index (χ2v) is 17.6. The van der Waals surface area contributed by atoms with Gasteiger partial charge in [-0.3, -0.25) is 0 Å². The zero-order valence-electron chi connectivity index (χ0n) is 18.9. The summed E-state index contributed by atoms with van der Waals surface area (Å²) in [5, 5.41) is 0. The largest absolute Gasteiger partial charge is 0.461 e. The van der Waals surface area contributed by atoms with Crippen LogP contribution >= 0.6 is 0 Å². The van der Waals surface area contributed by atoms with Crippen molar-refractivity contribution in [3.05, 3.63) is 0 Å². The van der Waals surface area contributed by atoms with Crippen molar-refractivity contribution in [2.75, 3.05) is 0 Å². The van der Waals surface area contributed by atoms with E-state index in [0.717, 1.165) is 18.1 Å². The van der Waals surface area contributed by atoms with Gasteiger partial charge in [0.15, 0.2) is 28.8 Å². The Balaban J connectivity index is 6.01. The molecule has 0 radical (unpaired) electrons. The monoisotopic (exact) mass is 420 g/mol. The molecule has 27 heavy (non-hydrogen) atoms. The standard InChI is InChI=1S/C19H40O6Si2/c1-11-27(12-2,13-3)25-17(19(21)23-15(6)7)16(24-26(8,9)10)18(20)22-14(4)5/h14-17H,11-13H2,1-10H3. The molecule has 0 fully saturated rings. The Kier molecular flexibility index (Phi) is 11.0. The van der Waals surface area contributed by atoms with Gasteiger partial charge in [0.05, 0.1) is 12.2 Å². The average Bonchev–Trinajstić information content (AvgIpc) is 2.52. The van der Waals surface area contributed by atoms with Crippen molar-refractivity contribution in [2.24, 2.45) is 0 Å². The van der Waals surface area contributed by atoms with Gasteiger partial charge in [0.1, 0.15) is 0 Å². The highest BCUT2D eigenvalue weighted by atomic mass is 28.4. The normalized spacial score (nSPS) is 15.0. The molecule has 0 aromatic rings. The summed E-state index contributed by atoms with van der Waals surface area (Å²) >= 11 is 0. The highest BCUT2D eigenvalue weighted by Crippen LogP contribution is 2.27. The lowest BCUT2D eigenvalue weighted by Crippen LogP contribution is -2.55. The molecule has 0 heterocycles. The van der Waals surface area contributed by atoms with Gasteiger partial charge in [0.2, 0.25) is 0 Å². The number of rotatable bonds is 12. The summed E-state index contributed by atoms with van der Waals surface area (Å²) in [5.41, 5.74) is 0. The molecular weight excluding hydrogens is 380 g/mol. The molecule has 0 rings (SSSR count). The number of carbonyl (C=O) groups is 2. The van der Waals surface area contributed by atoms with Crippen LogP contribution in [-0.4, -0.2) is 53.0 Å². The van der Waals surface area contributed by atoms with E-state index in [1.165, 1.54) is 0 Å². The highest BCUT2D eigenvalue weighted by molar-refractivity contribution is 6.73. The van der Waals surface area contributed by atoms with Crippen molar-refractivity contribution in [1.29, 1.82) is 0 Å². The summed E-state index contributed by atoms with van der Waals surface area (Å²) in [7, 11) is -4.35. The summed E-state index contributed by atoms with van der Waals surface area (Å²) in [4.78, 5) is 25.7. The molecule has 0 aromatic carbocycles. The third-order valence-corrected chi connectivity index (χ3v) is 9.81. The summed E-state index contributed by atoms with van der Waals surface area (Å²) in [5.74, 6) is -1.12. The molecule has 0 aliphatic heterocycles. The van der Waals surface area contributed by atoms with Gasteiger partial charge in [-0.25, -0.2) is 9.59 Å². The van der Waals surface area contributed by atoms with E-state index >= 15 is 0 Å². The Labute approximate surface area is 167 Å². The first-order valence-corrected chi connectivity index (χ1v) is 16.0. The molecule has 2 atom stereocenters. The van der Waals surface area contributed by atoms with Gasteiger partial charge in [0.25, 0.3) is 0 Å². The summed E-state index contributed by atoms with van der Waals surface area (Å²) in [6.45, 7) is 19.2. The Morgan fingerprint density at radius 2 is 1.04 bits per heavy atom. The van der Waals surface area contributed by atoms with Gasteiger partial charge in [-0.1, -0.05) is 20.8 Å². The zero-order valence-corrected chi connectivity index (χ0v) is 20.9. The van der Waals surface area contributed by atoms with E-state index in [4.69, 9.17) is 18.3 Å². The zero-order chi connectivity index (χ0) is 21.4. The molecule has 0 saturated heterocycles. The Bertz CT molecular complexity index is 461. The van der Waals surface area contributed by atoms with Crippen molar-refractivity contribution < 1.29 is 27.9 Å². The van der Waals surface area contributed by atoms with Crippen molar-refractivity contribution in [3.8, 4) is 0 Å². The molecule has 0 aliphatic rings. The molecule has 0 aromatic heterocycles. The van der Waals surface area contributed by atoms with Crippen LogP contribution < -0.4 is 0 Å². The van der Waals surface area contributed by atoms with Crippen LogP contribution in [0, 0.1) is 0 Å². The third-order valence-electron chi connectivity index (χ3n) is 4.23. The SMILES string of the molecule is CC[Si](CC)(CC)OC(C(=O)OC(C)C)C(O[Si](C)(C)C)C(=O)OC(C)C.